The maximum Gasteiger partial charge on any atom is 0.105 e. The van der Waals surface area contributed by atoms with E-state index in [1.54, 1.807) is 11.8 Å². The first kappa shape index (κ1) is 13.6. The van der Waals surface area contributed by atoms with Crippen molar-refractivity contribution in [3.05, 3.63) is 52.6 Å². The predicted molar refractivity (Wildman–Crippen MR) is 79.9 cm³/mol. The normalized spacial score (nSPS) is 10.6. The molecule has 0 saturated carbocycles. The minimum atomic E-state index is 0.864. The molecule has 0 bridgehead atoms. The van der Waals surface area contributed by atoms with Gasteiger partial charge in [-0.1, -0.05) is 40.7 Å². The second-order valence-corrected chi connectivity index (χ2v) is 5.78. The molecule has 0 aliphatic heterocycles. The summed E-state index contributed by atoms with van der Waals surface area (Å²) in [5, 5.41) is 4.41. The summed E-state index contributed by atoms with van der Waals surface area (Å²) in [4.78, 5) is 5.66. The molecule has 1 aromatic heterocycles. The molecule has 0 atom stereocenters. The van der Waals surface area contributed by atoms with Crippen LogP contribution in [-0.2, 0) is 6.54 Å². The lowest BCUT2D eigenvalue weighted by Gasteiger charge is -2.08. The van der Waals surface area contributed by atoms with Crippen molar-refractivity contribution >= 4 is 27.7 Å². The number of aromatic nitrogens is 1. The van der Waals surface area contributed by atoms with E-state index in [1.807, 2.05) is 12.3 Å². The molecule has 0 radical (unpaired) electrons. The quantitative estimate of drug-likeness (QED) is 0.896. The van der Waals surface area contributed by atoms with Gasteiger partial charge in [-0.25, -0.2) is 4.98 Å². The molecule has 0 aliphatic carbocycles. The van der Waals surface area contributed by atoms with E-state index in [-0.39, 0.29) is 0 Å². The molecule has 0 saturated heterocycles. The van der Waals surface area contributed by atoms with E-state index in [2.05, 4.69) is 63.5 Å². The number of nitrogens with zero attached hydrogens (tertiary/aromatic N) is 1. The van der Waals surface area contributed by atoms with Crippen LogP contribution < -0.4 is 5.32 Å². The molecule has 1 heterocycles. The third-order valence-electron chi connectivity index (χ3n) is 2.44. The molecular weight excluding hydrogens is 308 g/mol. The monoisotopic (exact) mass is 322 g/mol. The Labute approximate surface area is 120 Å². The van der Waals surface area contributed by atoms with Crippen molar-refractivity contribution in [1.29, 1.82) is 0 Å². The minimum Gasteiger partial charge on any atom is -0.313 e. The second kappa shape index (κ2) is 6.92. The topological polar surface area (TPSA) is 24.9 Å². The molecule has 1 aromatic carbocycles. The SMILES string of the molecule is CCNCc1cccnc1Sc1ccc(Br)cc1. The first-order chi connectivity index (χ1) is 8.79. The Morgan fingerprint density at radius 2 is 2.00 bits per heavy atom. The van der Waals surface area contributed by atoms with Crippen molar-refractivity contribution in [2.75, 3.05) is 6.54 Å². The third kappa shape index (κ3) is 3.83. The summed E-state index contributed by atoms with van der Waals surface area (Å²) in [5.74, 6) is 0. The number of benzene rings is 1. The van der Waals surface area contributed by atoms with E-state index in [0.29, 0.717) is 0 Å². The molecule has 94 valence electrons. The number of rotatable bonds is 5. The fourth-order valence-electron chi connectivity index (χ4n) is 1.52. The van der Waals surface area contributed by atoms with E-state index < -0.39 is 0 Å². The van der Waals surface area contributed by atoms with Crippen LogP contribution in [0.25, 0.3) is 0 Å². The number of halogens is 1. The van der Waals surface area contributed by atoms with E-state index in [1.165, 1.54) is 10.5 Å². The molecule has 0 unspecified atom stereocenters. The van der Waals surface area contributed by atoms with Gasteiger partial charge in [-0.3, -0.25) is 0 Å². The van der Waals surface area contributed by atoms with E-state index >= 15 is 0 Å². The van der Waals surface area contributed by atoms with Crippen LogP contribution in [0, 0.1) is 0 Å². The largest absolute Gasteiger partial charge is 0.313 e. The van der Waals surface area contributed by atoms with Crippen LogP contribution >= 0.6 is 27.7 Å². The van der Waals surface area contributed by atoms with Gasteiger partial charge in [0.05, 0.1) is 0 Å². The van der Waals surface area contributed by atoms with Crippen molar-refractivity contribution in [3.63, 3.8) is 0 Å². The van der Waals surface area contributed by atoms with Crippen molar-refractivity contribution < 1.29 is 0 Å². The highest BCUT2D eigenvalue weighted by atomic mass is 79.9. The van der Waals surface area contributed by atoms with Gasteiger partial charge in [0.15, 0.2) is 0 Å². The summed E-state index contributed by atoms with van der Waals surface area (Å²) in [5.41, 5.74) is 1.24. The Hall–Kier alpha value is -0.840. The molecular formula is C14H15BrN2S. The van der Waals surface area contributed by atoms with Gasteiger partial charge in [-0.15, -0.1) is 0 Å². The lowest BCUT2D eigenvalue weighted by atomic mass is 10.3. The summed E-state index contributed by atoms with van der Waals surface area (Å²) < 4.78 is 1.10. The number of hydrogen-bond donors (Lipinski definition) is 1. The van der Waals surface area contributed by atoms with Crippen LogP contribution in [-0.4, -0.2) is 11.5 Å². The molecule has 2 aromatic rings. The Bertz CT molecular complexity index is 499. The summed E-state index contributed by atoms with van der Waals surface area (Å²) in [6.45, 7) is 3.94. The molecule has 2 rings (SSSR count). The summed E-state index contributed by atoms with van der Waals surface area (Å²) in [6, 6.07) is 12.4. The summed E-state index contributed by atoms with van der Waals surface area (Å²) >= 11 is 5.15. The fourth-order valence-corrected chi connectivity index (χ4v) is 2.67. The molecule has 1 N–H and O–H groups in total. The van der Waals surface area contributed by atoms with Crippen molar-refractivity contribution in [1.82, 2.24) is 10.3 Å². The predicted octanol–water partition coefficient (Wildman–Crippen LogP) is 4.10. The zero-order valence-electron chi connectivity index (χ0n) is 10.2. The van der Waals surface area contributed by atoms with Gasteiger partial charge in [0.25, 0.3) is 0 Å². The molecule has 2 nitrogen and oxygen atoms in total. The van der Waals surface area contributed by atoms with E-state index in [0.717, 1.165) is 22.6 Å². The fraction of sp³-hybridized carbons (Fsp3) is 0.214. The minimum absolute atomic E-state index is 0.864. The molecule has 0 aliphatic rings. The Kier molecular flexibility index (Phi) is 5.23. The highest BCUT2D eigenvalue weighted by molar-refractivity contribution is 9.10. The van der Waals surface area contributed by atoms with Crippen LogP contribution in [0.3, 0.4) is 0 Å². The van der Waals surface area contributed by atoms with Crippen LogP contribution in [0.1, 0.15) is 12.5 Å². The van der Waals surface area contributed by atoms with Gasteiger partial charge in [0.2, 0.25) is 0 Å². The molecule has 18 heavy (non-hydrogen) atoms. The highest BCUT2D eigenvalue weighted by Gasteiger charge is 2.05. The summed E-state index contributed by atoms with van der Waals surface area (Å²) in [6.07, 6.45) is 1.84. The maximum absolute atomic E-state index is 4.46. The zero-order chi connectivity index (χ0) is 12.8. The van der Waals surface area contributed by atoms with Crippen LogP contribution in [0.2, 0.25) is 0 Å². The van der Waals surface area contributed by atoms with E-state index in [4.69, 9.17) is 0 Å². The molecule has 0 spiro atoms. The summed E-state index contributed by atoms with van der Waals surface area (Å²) in [7, 11) is 0. The average Bonchev–Trinajstić information content (AvgIpc) is 2.40. The number of nitrogens with one attached hydrogen (secondary N) is 1. The number of pyridine rings is 1. The van der Waals surface area contributed by atoms with Gasteiger partial charge >= 0.3 is 0 Å². The van der Waals surface area contributed by atoms with Gasteiger partial charge < -0.3 is 5.32 Å². The van der Waals surface area contributed by atoms with Gasteiger partial charge in [0, 0.05) is 22.1 Å². The Morgan fingerprint density at radius 1 is 1.22 bits per heavy atom. The molecule has 4 heteroatoms. The highest BCUT2D eigenvalue weighted by Crippen LogP contribution is 2.29. The maximum atomic E-state index is 4.46. The van der Waals surface area contributed by atoms with Crippen LogP contribution in [0.15, 0.2) is 57.0 Å². The smallest absolute Gasteiger partial charge is 0.105 e. The van der Waals surface area contributed by atoms with Crippen molar-refractivity contribution in [2.45, 2.75) is 23.4 Å². The van der Waals surface area contributed by atoms with Crippen molar-refractivity contribution in [2.24, 2.45) is 0 Å². The Morgan fingerprint density at radius 3 is 2.72 bits per heavy atom. The molecule has 0 amide bonds. The first-order valence-electron chi connectivity index (χ1n) is 5.87. The lowest BCUT2D eigenvalue weighted by molar-refractivity contribution is 0.711. The second-order valence-electron chi connectivity index (χ2n) is 3.80. The lowest BCUT2D eigenvalue weighted by Crippen LogP contribution is -2.12. The first-order valence-corrected chi connectivity index (χ1v) is 7.48. The standard InChI is InChI=1S/C14H15BrN2S/c1-2-16-10-11-4-3-9-17-14(11)18-13-7-5-12(15)6-8-13/h3-9,16H,2,10H2,1H3. The van der Waals surface area contributed by atoms with E-state index in [9.17, 15) is 0 Å². The zero-order valence-corrected chi connectivity index (χ0v) is 12.6. The molecule has 0 fully saturated rings. The third-order valence-corrected chi connectivity index (χ3v) is 4.04. The Balaban J connectivity index is 2.15. The number of hydrogen-bond acceptors (Lipinski definition) is 3. The average molecular weight is 323 g/mol. The van der Waals surface area contributed by atoms with Crippen LogP contribution in [0.5, 0.6) is 0 Å². The van der Waals surface area contributed by atoms with Crippen molar-refractivity contribution in [3.8, 4) is 0 Å². The van der Waals surface area contributed by atoms with Gasteiger partial charge in [-0.2, -0.15) is 0 Å². The van der Waals surface area contributed by atoms with Crippen LogP contribution in [0.4, 0.5) is 0 Å². The van der Waals surface area contributed by atoms with Gasteiger partial charge in [-0.05, 0) is 42.4 Å². The van der Waals surface area contributed by atoms with Gasteiger partial charge in [0.1, 0.15) is 5.03 Å².